The number of hydrogen-bond acceptors (Lipinski definition) is 27. The molecule has 0 radical (unpaired) electrons. The van der Waals surface area contributed by atoms with Crippen LogP contribution in [0.2, 0.25) is 5.02 Å². The molecular formula is C90H81ClN24O2S. The van der Waals surface area contributed by atoms with E-state index >= 15 is 0 Å². The molecule has 16 rings (SSSR count). The maximum absolute atomic E-state index is 12.3. The number of anilines is 24. The van der Waals surface area contributed by atoms with Gasteiger partial charge in [-0.15, -0.1) is 11.8 Å². The van der Waals surface area contributed by atoms with Gasteiger partial charge in [-0.1, -0.05) is 213 Å². The third-order valence-corrected chi connectivity index (χ3v) is 17.6. The van der Waals surface area contributed by atoms with Gasteiger partial charge in [0.05, 0.1) is 28.6 Å². The average molecular weight is 1600 g/mol. The largest absolute Gasteiger partial charge is 0.462 e. The molecule has 0 atom stereocenters. The van der Waals surface area contributed by atoms with Gasteiger partial charge in [0.25, 0.3) is 0 Å². The number of rotatable bonds is 28. The maximum atomic E-state index is 12.3. The van der Waals surface area contributed by atoms with Crippen molar-refractivity contribution in [3.05, 3.63) is 356 Å². The Labute approximate surface area is 691 Å². The van der Waals surface area contributed by atoms with Gasteiger partial charge in [0.1, 0.15) is 0 Å². The fraction of sp³-hybridized carbons (Fsp3) is 0.0556. The Hall–Kier alpha value is -15.6. The molecule has 0 spiro atoms. The second-order valence-electron chi connectivity index (χ2n) is 25.1. The van der Waals surface area contributed by atoms with E-state index in [2.05, 4.69) is 149 Å². The maximum Gasteiger partial charge on any atom is 0.340 e. The van der Waals surface area contributed by atoms with E-state index in [0.29, 0.717) is 87.4 Å². The van der Waals surface area contributed by atoms with Crippen LogP contribution in [-0.2, 0) is 11.2 Å². The van der Waals surface area contributed by atoms with Crippen molar-refractivity contribution < 1.29 is 9.53 Å². The highest BCUT2D eigenvalue weighted by molar-refractivity contribution is 7.98. The van der Waals surface area contributed by atoms with Crippen molar-refractivity contribution in [3.8, 4) is 0 Å². The van der Waals surface area contributed by atoms with Gasteiger partial charge in [0.2, 0.25) is 71.4 Å². The Kier molecular flexibility index (Phi) is 28.8. The number of nitrogens with one attached hydrogen (secondary N) is 12. The molecule has 0 unspecified atom stereocenters. The molecule has 16 aromatic rings. The van der Waals surface area contributed by atoms with E-state index in [-0.39, 0.29) is 12.6 Å². The number of para-hydroxylation sites is 11. The van der Waals surface area contributed by atoms with Gasteiger partial charge in [-0.25, -0.2) is 4.79 Å². The minimum atomic E-state index is -0.421. The van der Waals surface area contributed by atoms with Crippen molar-refractivity contribution in [3.63, 3.8) is 0 Å². The van der Waals surface area contributed by atoms with Crippen LogP contribution in [0.15, 0.2) is 345 Å². The first-order valence-corrected chi connectivity index (χ1v) is 39.1. The Bertz CT molecular complexity index is 5580. The van der Waals surface area contributed by atoms with Crippen molar-refractivity contribution in [2.24, 2.45) is 0 Å². The Morgan fingerprint density at radius 2 is 0.508 bits per heavy atom. The van der Waals surface area contributed by atoms with Crippen LogP contribution in [-0.4, -0.2) is 78.6 Å². The molecule has 0 aliphatic carbocycles. The summed E-state index contributed by atoms with van der Waals surface area (Å²) in [6.45, 7) is 4.18. The number of hydrogen-bond donors (Lipinski definition) is 12. The van der Waals surface area contributed by atoms with Gasteiger partial charge in [-0.3, -0.25) is 0 Å². The zero-order valence-electron chi connectivity index (χ0n) is 64.2. The minimum absolute atomic E-state index is 0.272. The van der Waals surface area contributed by atoms with Gasteiger partial charge < -0.3 is 68.5 Å². The van der Waals surface area contributed by atoms with Crippen molar-refractivity contribution in [2.75, 3.05) is 76.7 Å². The Morgan fingerprint density at radius 1 is 0.271 bits per heavy atom. The van der Waals surface area contributed by atoms with Gasteiger partial charge >= 0.3 is 5.97 Å². The fourth-order valence-corrected chi connectivity index (χ4v) is 11.7. The summed E-state index contributed by atoms with van der Waals surface area (Å²) >= 11 is 7.93. The minimum Gasteiger partial charge on any atom is -0.462 e. The number of esters is 1. The highest BCUT2D eigenvalue weighted by atomic mass is 35.5. The summed E-state index contributed by atoms with van der Waals surface area (Å²) in [5, 5.41) is 39.2. The zero-order valence-corrected chi connectivity index (χ0v) is 65.8. The van der Waals surface area contributed by atoms with Gasteiger partial charge in [0, 0.05) is 61.8 Å². The predicted octanol–water partition coefficient (Wildman–Crippen LogP) is 22.5. The van der Waals surface area contributed by atoms with Gasteiger partial charge in [-0.2, -0.15) is 59.8 Å². The molecule has 0 fully saturated rings. The second-order valence-corrected chi connectivity index (χ2v) is 26.4. The van der Waals surface area contributed by atoms with Crippen LogP contribution in [0, 0.1) is 0 Å². The molecule has 26 nitrogen and oxygen atoms in total. The van der Waals surface area contributed by atoms with Crippen LogP contribution >= 0.6 is 23.4 Å². The molecule has 12 N–H and O–H groups in total. The molecule has 0 aliphatic rings. The highest BCUT2D eigenvalue weighted by Crippen LogP contribution is 2.31. The molecule has 118 heavy (non-hydrogen) atoms. The lowest BCUT2D eigenvalue weighted by Crippen LogP contribution is -2.10. The number of aromatic nitrogens is 12. The normalized spacial score (nSPS) is 10.3. The molecule has 4 heterocycles. The van der Waals surface area contributed by atoms with Crippen LogP contribution in [0.5, 0.6) is 0 Å². The van der Waals surface area contributed by atoms with Crippen molar-refractivity contribution in [1.82, 2.24) is 59.8 Å². The summed E-state index contributed by atoms with van der Waals surface area (Å²) in [4.78, 5) is 67.5. The van der Waals surface area contributed by atoms with E-state index in [1.165, 1.54) is 5.56 Å². The van der Waals surface area contributed by atoms with E-state index in [4.69, 9.17) is 16.3 Å². The number of aryl methyl sites for hydroxylation is 1. The van der Waals surface area contributed by atoms with E-state index in [1.54, 1.807) is 43.0 Å². The Balaban J connectivity index is 0.000000137. The van der Waals surface area contributed by atoms with E-state index in [0.717, 1.165) is 68.2 Å². The third kappa shape index (κ3) is 25.2. The van der Waals surface area contributed by atoms with Crippen LogP contribution in [0.25, 0.3) is 0 Å². The van der Waals surface area contributed by atoms with Gasteiger partial charge in [0.15, 0.2) is 0 Å². The first-order chi connectivity index (χ1) is 58.0. The summed E-state index contributed by atoms with van der Waals surface area (Å²) in [5.74, 6) is 4.49. The summed E-state index contributed by atoms with van der Waals surface area (Å²) in [5.41, 5.74) is 11.8. The third-order valence-electron chi connectivity index (χ3n) is 16.5. The Morgan fingerprint density at radius 3 is 0.805 bits per heavy atom. The number of carbonyl (C=O) groups excluding carboxylic acids is 1. The first-order valence-electron chi connectivity index (χ1n) is 37.5. The number of carbonyl (C=O) groups is 1. The summed E-state index contributed by atoms with van der Waals surface area (Å²) < 4.78 is 5.15. The van der Waals surface area contributed by atoms with Crippen LogP contribution in [0.3, 0.4) is 0 Å². The number of nitrogens with zero attached hydrogens (tertiary/aromatic N) is 12. The lowest BCUT2D eigenvalue weighted by Gasteiger charge is -2.13. The summed E-state index contributed by atoms with van der Waals surface area (Å²) in [6.07, 6.45) is 2.96. The zero-order chi connectivity index (χ0) is 81.1. The molecule has 28 heteroatoms. The predicted molar refractivity (Wildman–Crippen MR) is 478 cm³/mol. The fourth-order valence-electron chi connectivity index (χ4n) is 11.1. The monoisotopic (exact) mass is 1600 g/mol. The summed E-state index contributed by atoms with van der Waals surface area (Å²) in [6, 6.07) is 109. The molecule has 0 bridgehead atoms. The van der Waals surface area contributed by atoms with Crippen LogP contribution in [0.1, 0.15) is 29.8 Å². The SMILES string of the molecule is CCOC(=O)c1ccccc1Nc1nc(Nc2ccccc2)nc(Nc2ccccc2)n1.CCc1ccccc1Nc1nc(Nc2ccccc2)nc(Nc2ccccc2)n1.CSc1cccc(Nc2nc(Nc3ccccc3)nc(Nc3ccccc3)n2)c1.Clc1ccccc1Nc1nc(Nc2ccccc2)nc(Nc2ccccc2)n1. The topological polar surface area (TPSA) is 325 Å². The molecule has 0 saturated carbocycles. The standard InChI is InChI=1S/C24H22N6O2.C23H22N6.C22H20N6S.C21H17ClN6/c1-2-32-21(31)19-15-9-10-16-20(19)27-24-29-22(25-17-11-5-3-6-12-17)28-23(30-24)26-18-13-7-4-8-14-18;1-2-17-11-9-10-16-20(17)26-23-28-21(24-18-12-5-3-6-13-18)27-22(29-23)25-19-14-7-4-8-15-19;1-29-19-14-8-13-18(15-19)25-22-27-20(23-16-9-4-2-5-10-16)26-21(28-22)24-17-11-6-3-7-12-17;22-17-13-7-8-14-18(17)25-21-27-19(23-15-9-3-1-4-10-15)26-20(28-21)24-16-11-5-2-6-12-16/h3-16H,2H2,1H3,(H3,25,26,27,28,29,30);3-16H,2H2,1H3,(H3,24,25,26,27,28,29);2-15H,1H3,(H3,23,24,25,26,27,28);1-14H,(H3,23,24,25,26,27,28). The lowest BCUT2D eigenvalue weighted by atomic mass is 10.1. The van der Waals surface area contributed by atoms with Crippen molar-refractivity contribution >= 4 is 169 Å². The molecule has 0 saturated heterocycles. The number of benzene rings is 12. The molecule has 12 aromatic carbocycles. The van der Waals surface area contributed by atoms with Crippen molar-refractivity contribution in [2.45, 2.75) is 25.2 Å². The van der Waals surface area contributed by atoms with E-state index in [1.807, 2.05) is 304 Å². The molecule has 0 aliphatic heterocycles. The average Bonchev–Trinajstić information content (AvgIpc) is 0.837. The van der Waals surface area contributed by atoms with Crippen LogP contribution in [0.4, 0.5) is 140 Å². The summed E-state index contributed by atoms with van der Waals surface area (Å²) in [7, 11) is 0. The quantitative estimate of drug-likeness (QED) is 0.0160. The molecule has 586 valence electrons. The second kappa shape index (κ2) is 42.3. The van der Waals surface area contributed by atoms with E-state index < -0.39 is 5.97 Å². The van der Waals surface area contributed by atoms with Crippen molar-refractivity contribution in [1.29, 1.82) is 0 Å². The molecule has 0 amide bonds. The lowest BCUT2D eigenvalue weighted by molar-refractivity contribution is 0.0527. The number of halogens is 1. The number of thioether (sulfide) groups is 1. The molecule has 4 aromatic heterocycles. The van der Waals surface area contributed by atoms with Gasteiger partial charge in [-0.05, 0) is 171 Å². The first kappa shape index (κ1) is 80.4. The molecular weight excluding hydrogens is 1520 g/mol. The smallest absolute Gasteiger partial charge is 0.340 e. The van der Waals surface area contributed by atoms with E-state index in [9.17, 15) is 4.79 Å². The highest BCUT2D eigenvalue weighted by Gasteiger charge is 2.18. The van der Waals surface area contributed by atoms with Crippen LogP contribution < -0.4 is 63.8 Å². The number of ether oxygens (including phenoxy) is 1.